The molecule has 0 aliphatic carbocycles. The topological polar surface area (TPSA) is 49.4 Å². The molecule has 1 N–H and O–H groups in total. The summed E-state index contributed by atoms with van der Waals surface area (Å²) in [5, 5.41) is 4.75. The zero-order chi connectivity index (χ0) is 16.8. The van der Waals surface area contributed by atoms with Crippen LogP contribution in [0.1, 0.15) is 34.6 Å². The van der Waals surface area contributed by atoms with E-state index in [1.54, 1.807) is 17.9 Å². The van der Waals surface area contributed by atoms with Gasteiger partial charge in [0, 0.05) is 25.7 Å². The van der Waals surface area contributed by atoms with Gasteiger partial charge in [0.15, 0.2) is 0 Å². The minimum atomic E-state index is -0.0935. The summed E-state index contributed by atoms with van der Waals surface area (Å²) < 4.78 is 0. The van der Waals surface area contributed by atoms with Gasteiger partial charge in [-0.15, -0.1) is 11.3 Å². The van der Waals surface area contributed by atoms with E-state index in [0.717, 1.165) is 23.2 Å². The van der Waals surface area contributed by atoms with Crippen LogP contribution in [0, 0.1) is 6.92 Å². The molecule has 1 aromatic heterocycles. The molecule has 0 saturated heterocycles. The van der Waals surface area contributed by atoms with Crippen molar-refractivity contribution in [3.8, 4) is 0 Å². The van der Waals surface area contributed by atoms with Crippen molar-refractivity contribution in [3.63, 3.8) is 0 Å². The number of para-hydroxylation sites is 1. The highest BCUT2D eigenvalue weighted by atomic mass is 32.1. The highest BCUT2D eigenvalue weighted by Gasteiger charge is 2.17. The van der Waals surface area contributed by atoms with Gasteiger partial charge in [-0.1, -0.05) is 31.2 Å². The Balaban J connectivity index is 2.08. The Morgan fingerprint density at radius 3 is 2.61 bits per heavy atom. The van der Waals surface area contributed by atoms with Gasteiger partial charge >= 0.3 is 0 Å². The largest absolute Gasteiger partial charge is 0.350 e. The molecule has 0 bridgehead atoms. The van der Waals surface area contributed by atoms with Crippen LogP contribution >= 0.6 is 11.3 Å². The van der Waals surface area contributed by atoms with Crippen LogP contribution in [0.2, 0.25) is 0 Å². The molecule has 0 aliphatic rings. The molecule has 0 unspecified atom stereocenters. The van der Waals surface area contributed by atoms with Crippen molar-refractivity contribution in [3.05, 3.63) is 51.7 Å². The first-order valence-corrected chi connectivity index (χ1v) is 8.60. The SMILES string of the molecule is CCc1cccc(C)c1N(CCNC(=O)c1cccs1)C(C)=O. The predicted molar refractivity (Wildman–Crippen MR) is 95.2 cm³/mol. The van der Waals surface area contributed by atoms with Crippen LogP contribution in [-0.4, -0.2) is 24.9 Å². The molecule has 2 aromatic rings. The van der Waals surface area contributed by atoms with Gasteiger partial charge in [0.05, 0.1) is 4.88 Å². The highest BCUT2D eigenvalue weighted by molar-refractivity contribution is 7.12. The lowest BCUT2D eigenvalue weighted by atomic mass is 10.0. The molecule has 2 rings (SSSR count). The second-order valence-corrected chi connectivity index (χ2v) is 6.29. The van der Waals surface area contributed by atoms with E-state index in [0.29, 0.717) is 18.0 Å². The number of nitrogens with zero attached hydrogens (tertiary/aromatic N) is 1. The molecule has 0 aliphatic heterocycles. The molecule has 23 heavy (non-hydrogen) atoms. The van der Waals surface area contributed by atoms with Crippen molar-refractivity contribution < 1.29 is 9.59 Å². The van der Waals surface area contributed by atoms with Gasteiger partial charge in [0.25, 0.3) is 5.91 Å². The maximum atomic E-state index is 12.1. The Hall–Kier alpha value is -2.14. The molecule has 0 fully saturated rings. The number of rotatable bonds is 6. The second-order valence-electron chi connectivity index (χ2n) is 5.34. The van der Waals surface area contributed by atoms with E-state index in [1.165, 1.54) is 11.3 Å². The summed E-state index contributed by atoms with van der Waals surface area (Å²) >= 11 is 1.41. The van der Waals surface area contributed by atoms with Crippen LogP contribution in [0.3, 0.4) is 0 Å². The van der Waals surface area contributed by atoms with Crippen LogP contribution in [0.5, 0.6) is 0 Å². The summed E-state index contributed by atoms with van der Waals surface area (Å²) in [6.45, 7) is 6.54. The molecule has 1 aromatic carbocycles. The molecular weight excluding hydrogens is 308 g/mol. The van der Waals surface area contributed by atoms with Crippen LogP contribution in [0.15, 0.2) is 35.7 Å². The number of benzene rings is 1. The second kappa shape index (κ2) is 7.92. The monoisotopic (exact) mass is 330 g/mol. The lowest BCUT2D eigenvalue weighted by Crippen LogP contribution is -2.38. The Labute approximate surface area is 141 Å². The highest BCUT2D eigenvalue weighted by Crippen LogP contribution is 2.25. The van der Waals surface area contributed by atoms with Gasteiger partial charge in [0.2, 0.25) is 5.91 Å². The zero-order valence-corrected chi connectivity index (χ0v) is 14.6. The molecule has 1 heterocycles. The maximum Gasteiger partial charge on any atom is 0.261 e. The number of hydrogen-bond acceptors (Lipinski definition) is 3. The molecule has 5 heteroatoms. The number of hydrogen-bond donors (Lipinski definition) is 1. The van der Waals surface area contributed by atoms with Crippen molar-refractivity contribution in [2.45, 2.75) is 27.2 Å². The first-order valence-electron chi connectivity index (χ1n) is 7.73. The minimum Gasteiger partial charge on any atom is -0.350 e. The van der Waals surface area contributed by atoms with Crippen LogP contribution < -0.4 is 10.2 Å². The summed E-state index contributed by atoms with van der Waals surface area (Å²) in [5.74, 6) is -0.108. The molecule has 0 radical (unpaired) electrons. The normalized spacial score (nSPS) is 10.4. The van der Waals surface area contributed by atoms with E-state index >= 15 is 0 Å². The lowest BCUT2D eigenvalue weighted by molar-refractivity contribution is -0.116. The van der Waals surface area contributed by atoms with Gasteiger partial charge < -0.3 is 10.2 Å². The fourth-order valence-corrected chi connectivity index (χ4v) is 3.23. The van der Waals surface area contributed by atoms with E-state index < -0.39 is 0 Å². The minimum absolute atomic E-state index is 0.0145. The number of nitrogens with one attached hydrogen (secondary N) is 1. The van der Waals surface area contributed by atoms with Crippen LogP contribution in [0.25, 0.3) is 0 Å². The Morgan fingerprint density at radius 2 is 2.00 bits per heavy atom. The van der Waals surface area contributed by atoms with Gasteiger partial charge in [-0.2, -0.15) is 0 Å². The number of anilines is 1. The van der Waals surface area contributed by atoms with E-state index in [4.69, 9.17) is 0 Å². The van der Waals surface area contributed by atoms with Gasteiger partial charge in [-0.3, -0.25) is 9.59 Å². The summed E-state index contributed by atoms with van der Waals surface area (Å²) in [6, 6.07) is 9.70. The molecule has 2 amide bonds. The van der Waals surface area contributed by atoms with Gasteiger partial charge in [0.1, 0.15) is 0 Å². The number of aryl methyl sites for hydroxylation is 2. The molecule has 0 saturated carbocycles. The summed E-state index contributed by atoms with van der Waals surface area (Å²) in [7, 11) is 0. The van der Waals surface area contributed by atoms with E-state index in [2.05, 4.69) is 12.2 Å². The quantitative estimate of drug-likeness (QED) is 0.882. The lowest BCUT2D eigenvalue weighted by Gasteiger charge is -2.26. The number of amides is 2. The summed E-state index contributed by atoms with van der Waals surface area (Å²) in [5.41, 5.74) is 3.18. The molecule has 0 spiro atoms. The zero-order valence-electron chi connectivity index (χ0n) is 13.8. The van der Waals surface area contributed by atoms with Crippen molar-refractivity contribution in [1.82, 2.24) is 5.32 Å². The molecule has 122 valence electrons. The van der Waals surface area contributed by atoms with E-state index in [-0.39, 0.29) is 11.8 Å². The smallest absolute Gasteiger partial charge is 0.261 e. The number of carbonyl (C=O) groups is 2. The number of carbonyl (C=O) groups excluding carboxylic acids is 2. The fourth-order valence-electron chi connectivity index (χ4n) is 2.59. The molecular formula is C18H22N2O2S. The third-order valence-electron chi connectivity index (χ3n) is 3.72. The third-order valence-corrected chi connectivity index (χ3v) is 4.59. The Bertz CT molecular complexity index is 680. The van der Waals surface area contributed by atoms with Crippen LogP contribution in [0.4, 0.5) is 5.69 Å². The van der Waals surface area contributed by atoms with E-state index in [1.807, 2.05) is 36.6 Å². The number of thiophene rings is 1. The predicted octanol–water partition coefficient (Wildman–Crippen LogP) is 3.40. The summed E-state index contributed by atoms with van der Waals surface area (Å²) in [6.07, 6.45) is 0.863. The third kappa shape index (κ3) is 4.20. The molecule has 0 atom stereocenters. The van der Waals surface area contributed by atoms with Gasteiger partial charge in [-0.05, 0) is 35.9 Å². The fraction of sp³-hybridized carbons (Fsp3) is 0.333. The van der Waals surface area contributed by atoms with Crippen molar-refractivity contribution in [2.24, 2.45) is 0 Å². The Morgan fingerprint density at radius 1 is 1.22 bits per heavy atom. The standard InChI is InChI=1S/C18H22N2O2S/c1-4-15-8-5-7-13(2)17(15)20(14(3)21)11-10-19-18(22)16-9-6-12-23-16/h5-9,12H,4,10-11H2,1-3H3,(H,19,22). The molecule has 4 nitrogen and oxygen atoms in total. The van der Waals surface area contributed by atoms with Gasteiger partial charge in [-0.25, -0.2) is 0 Å². The van der Waals surface area contributed by atoms with Crippen LogP contribution in [-0.2, 0) is 11.2 Å². The first kappa shape index (κ1) is 17.2. The van der Waals surface area contributed by atoms with E-state index in [9.17, 15) is 9.59 Å². The average Bonchev–Trinajstić information content (AvgIpc) is 3.06. The summed E-state index contributed by atoms with van der Waals surface area (Å²) in [4.78, 5) is 26.5. The van der Waals surface area contributed by atoms with Crippen molar-refractivity contribution in [2.75, 3.05) is 18.0 Å². The average molecular weight is 330 g/mol. The maximum absolute atomic E-state index is 12.1. The Kier molecular flexibility index (Phi) is 5.93. The van der Waals surface area contributed by atoms with Crippen molar-refractivity contribution >= 4 is 28.8 Å². The van der Waals surface area contributed by atoms with Crippen molar-refractivity contribution in [1.29, 1.82) is 0 Å². The first-order chi connectivity index (χ1) is 11.0.